The van der Waals surface area contributed by atoms with E-state index in [-0.39, 0.29) is 18.6 Å². The van der Waals surface area contributed by atoms with Crippen molar-refractivity contribution in [1.29, 1.82) is 0 Å². The average Bonchev–Trinajstić information content (AvgIpc) is 2.35. The lowest BCUT2D eigenvalue weighted by molar-refractivity contribution is 0.0868. The van der Waals surface area contributed by atoms with Gasteiger partial charge in [0.05, 0.1) is 5.60 Å². The predicted octanol–water partition coefficient (Wildman–Crippen LogP) is 2.65. The molecule has 0 aliphatic carbocycles. The summed E-state index contributed by atoms with van der Waals surface area (Å²) < 4.78 is 0. The van der Waals surface area contributed by atoms with Crippen molar-refractivity contribution in [2.75, 3.05) is 18.6 Å². The van der Waals surface area contributed by atoms with Crippen molar-refractivity contribution < 1.29 is 9.90 Å². The second-order valence-corrected chi connectivity index (χ2v) is 7.22. The van der Waals surface area contributed by atoms with Gasteiger partial charge in [0.2, 0.25) is 0 Å². The Morgan fingerprint density at radius 1 is 1.32 bits per heavy atom. The Labute approximate surface area is 138 Å². The molecule has 0 aliphatic rings. The molecule has 1 aromatic rings. The summed E-state index contributed by atoms with van der Waals surface area (Å²) in [6, 6.07) is 6.23. The maximum atomic E-state index is 11.9. The van der Waals surface area contributed by atoms with Crippen LogP contribution in [0, 0.1) is 13.8 Å². The van der Waals surface area contributed by atoms with Crippen molar-refractivity contribution in [2.45, 2.75) is 45.8 Å². The highest BCUT2D eigenvalue weighted by molar-refractivity contribution is 7.98. The quantitative estimate of drug-likeness (QED) is 0.722. The van der Waals surface area contributed by atoms with Gasteiger partial charge in [-0.1, -0.05) is 29.3 Å². The monoisotopic (exact) mass is 324 g/mol. The lowest BCUT2D eigenvalue weighted by atomic mass is 10.0. The molecule has 2 amide bonds. The molecule has 0 saturated carbocycles. The van der Waals surface area contributed by atoms with Crippen LogP contribution in [0.5, 0.6) is 0 Å². The van der Waals surface area contributed by atoms with Gasteiger partial charge in [0.1, 0.15) is 0 Å². The molecule has 0 spiro atoms. The fourth-order valence-corrected chi connectivity index (χ4v) is 3.22. The Morgan fingerprint density at radius 2 is 1.91 bits per heavy atom. The third-order valence-electron chi connectivity index (χ3n) is 3.29. The third kappa shape index (κ3) is 7.18. The Bertz CT molecular complexity index is 483. The molecule has 0 radical (unpaired) electrons. The van der Waals surface area contributed by atoms with Gasteiger partial charge in [0.25, 0.3) is 0 Å². The topological polar surface area (TPSA) is 61.4 Å². The fourth-order valence-electron chi connectivity index (χ4n) is 2.50. The van der Waals surface area contributed by atoms with Gasteiger partial charge >= 0.3 is 6.03 Å². The normalized spacial score (nSPS) is 15.0. The Balaban J connectivity index is 2.44. The van der Waals surface area contributed by atoms with E-state index in [4.69, 9.17) is 0 Å². The number of nitrogens with one attached hydrogen (secondary N) is 2. The highest BCUT2D eigenvalue weighted by Gasteiger charge is 2.20. The summed E-state index contributed by atoms with van der Waals surface area (Å²) in [5.41, 5.74) is 2.81. The molecule has 2 unspecified atom stereocenters. The van der Waals surface area contributed by atoms with Crippen LogP contribution < -0.4 is 10.6 Å². The zero-order valence-corrected chi connectivity index (χ0v) is 15.0. The van der Waals surface area contributed by atoms with Crippen LogP contribution in [0.3, 0.4) is 0 Å². The first-order chi connectivity index (χ1) is 10.2. The molecule has 0 bridgehead atoms. The van der Waals surface area contributed by atoms with Crippen LogP contribution in [0.1, 0.15) is 30.5 Å². The molecule has 0 aromatic heterocycles. The number of benzene rings is 1. The van der Waals surface area contributed by atoms with Crippen molar-refractivity contribution >= 4 is 17.8 Å². The van der Waals surface area contributed by atoms with E-state index in [1.807, 2.05) is 13.2 Å². The SMILES string of the molecule is CSCC(C)(O)CNC(=O)NC(C)Cc1cc(C)cc(C)c1. The molecule has 1 aromatic carbocycles. The summed E-state index contributed by atoms with van der Waals surface area (Å²) in [4.78, 5) is 11.9. The Morgan fingerprint density at radius 3 is 2.45 bits per heavy atom. The number of rotatable bonds is 7. The smallest absolute Gasteiger partial charge is 0.315 e. The van der Waals surface area contributed by atoms with Gasteiger partial charge in [0.15, 0.2) is 0 Å². The summed E-state index contributed by atoms with van der Waals surface area (Å²) in [5.74, 6) is 0.589. The largest absolute Gasteiger partial charge is 0.387 e. The summed E-state index contributed by atoms with van der Waals surface area (Å²) in [5, 5.41) is 15.7. The molecule has 0 heterocycles. The van der Waals surface area contributed by atoms with Gasteiger partial charge in [-0.25, -0.2) is 4.79 Å². The first-order valence-corrected chi connectivity index (χ1v) is 8.94. The Kier molecular flexibility index (Phi) is 7.23. The zero-order chi connectivity index (χ0) is 16.8. The van der Waals surface area contributed by atoms with E-state index < -0.39 is 5.60 Å². The first kappa shape index (κ1) is 18.8. The van der Waals surface area contributed by atoms with E-state index in [2.05, 4.69) is 42.7 Å². The molecule has 0 saturated heterocycles. The minimum atomic E-state index is -0.881. The number of aryl methyl sites for hydroxylation is 2. The van der Waals surface area contributed by atoms with Gasteiger partial charge in [-0.15, -0.1) is 0 Å². The summed E-state index contributed by atoms with van der Waals surface area (Å²) in [7, 11) is 0. The van der Waals surface area contributed by atoms with E-state index in [0.29, 0.717) is 5.75 Å². The van der Waals surface area contributed by atoms with Gasteiger partial charge in [-0.2, -0.15) is 11.8 Å². The highest BCUT2D eigenvalue weighted by Crippen LogP contribution is 2.11. The molecule has 5 heteroatoms. The second kappa shape index (κ2) is 8.44. The molecule has 0 aliphatic heterocycles. The fraction of sp³-hybridized carbons (Fsp3) is 0.588. The lowest BCUT2D eigenvalue weighted by Crippen LogP contribution is -2.48. The number of thioether (sulfide) groups is 1. The van der Waals surface area contributed by atoms with Crippen molar-refractivity contribution in [3.8, 4) is 0 Å². The first-order valence-electron chi connectivity index (χ1n) is 7.55. The van der Waals surface area contributed by atoms with Crippen LogP contribution >= 0.6 is 11.8 Å². The number of aliphatic hydroxyl groups is 1. The number of hydrogen-bond acceptors (Lipinski definition) is 3. The third-order valence-corrected chi connectivity index (χ3v) is 4.20. The van der Waals surface area contributed by atoms with Gasteiger partial charge < -0.3 is 15.7 Å². The van der Waals surface area contributed by atoms with E-state index in [9.17, 15) is 9.90 Å². The minimum absolute atomic E-state index is 0.0340. The highest BCUT2D eigenvalue weighted by atomic mass is 32.2. The molecular weight excluding hydrogens is 296 g/mol. The van der Waals surface area contributed by atoms with Crippen LogP contribution in [0.15, 0.2) is 18.2 Å². The molecule has 22 heavy (non-hydrogen) atoms. The summed E-state index contributed by atoms with van der Waals surface area (Å²) in [6.07, 6.45) is 2.72. The standard InChI is InChI=1S/C17H28N2O2S/c1-12-6-13(2)8-15(7-12)9-14(3)19-16(20)18-10-17(4,21)11-22-5/h6-8,14,21H,9-11H2,1-5H3,(H2,18,19,20). The summed E-state index contributed by atoms with van der Waals surface area (Å²) in [6.45, 7) is 8.11. The van der Waals surface area contributed by atoms with Gasteiger partial charge in [0, 0.05) is 18.3 Å². The van der Waals surface area contributed by atoms with Gasteiger partial charge in [-0.3, -0.25) is 0 Å². The number of carbonyl (C=O) groups excluding carboxylic acids is 1. The van der Waals surface area contributed by atoms with Crippen molar-refractivity contribution in [3.63, 3.8) is 0 Å². The van der Waals surface area contributed by atoms with E-state index in [1.54, 1.807) is 18.7 Å². The zero-order valence-electron chi connectivity index (χ0n) is 14.2. The maximum Gasteiger partial charge on any atom is 0.315 e. The van der Waals surface area contributed by atoms with E-state index in [1.165, 1.54) is 16.7 Å². The van der Waals surface area contributed by atoms with Crippen molar-refractivity contribution in [2.24, 2.45) is 0 Å². The molecule has 2 atom stereocenters. The Hall–Kier alpha value is -1.20. The molecule has 1 rings (SSSR count). The van der Waals surface area contributed by atoms with Crippen LogP contribution in [0.4, 0.5) is 4.79 Å². The molecule has 124 valence electrons. The van der Waals surface area contributed by atoms with E-state index in [0.717, 1.165) is 6.42 Å². The molecule has 3 N–H and O–H groups in total. The van der Waals surface area contributed by atoms with Crippen LogP contribution in [-0.4, -0.2) is 41.3 Å². The minimum Gasteiger partial charge on any atom is -0.387 e. The average molecular weight is 324 g/mol. The number of hydrogen-bond donors (Lipinski definition) is 3. The maximum absolute atomic E-state index is 11.9. The van der Waals surface area contributed by atoms with Crippen molar-refractivity contribution in [1.82, 2.24) is 10.6 Å². The number of amides is 2. The predicted molar refractivity (Wildman–Crippen MR) is 94.6 cm³/mol. The number of urea groups is 1. The molecule has 0 fully saturated rings. The molecule has 4 nitrogen and oxygen atoms in total. The summed E-state index contributed by atoms with van der Waals surface area (Å²) >= 11 is 1.56. The van der Waals surface area contributed by atoms with Crippen molar-refractivity contribution in [3.05, 3.63) is 34.9 Å². The van der Waals surface area contributed by atoms with Crippen LogP contribution in [-0.2, 0) is 6.42 Å². The van der Waals surface area contributed by atoms with Crippen LogP contribution in [0.2, 0.25) is 0 Å². The van der Waals surface area contributed by atoms with Gasteiger partial charge in [-0.05, 0) is 45.9 Å². The second-order valence-electron chi connectivity index (χ2n) is 6.36. The van der Waals surface area contributed by atoms with Crippen LogP contribution in [0.25, 0.3) is 0 Å². The number of carbonyl (C=O) groups is 1. The lowest BCUT2D eigenvalue weighted by Gasteiger charge is -2.23. The molecular formula is C17H28N2O2S. The van der Waals surface area contributed by atoms with E-state index >= 15 is 0 Å².